The van der Waals surface area contributed by atoms with Crippen LogP contribution in [0.3, 0.4) is 0 Å². The quantitative estimate of drug-likeness (QED) is 0.636. The van der Waals surface area contributed by atoms with Crippen LogP contribution in [0.4, 0.5) is 0 Å². The number of nitrogens with zero attached hydrogens (tertiary/aromatic N) is 1. The Labute approximate surface area is 152 Å². The van der Waals surface area contributed by atoms with E-state index in [9.17, 15) is 9.90 Å². The monoisotopic (exact) mass is 381 g/mol. The lowest BCUT2D eigenvalue weighted by atomic mass is 10.2. The van der Waals surface area contributed by atoms with Crippen LogP contribution in [0.1, 0.15) is 11.3 Å². The number of phenols is 1. The predicted octanol–water partition coefficient (Wildman–Crippen LogP) is 4.05. The highest BCUT2D eigenvalue weighted by Crippen LogP contribution is 2.38. The number of amides is 1. The van der Waals surface area contributed by atoms with Crippen molar-refractivity contribution in [2.45, 2.75) is 6.54 Å². The van der Waals surface area contributed by atoms with Gasteiger partial charge in [-0.25, -0.2) is 0 Å². The van der Waals surface area contributed by atoms with E-state index in [4.69, 9.17) is 33.0 Å². The fourth-order valence-electron chi connectivity index (χ4n) is 2.18. The Morgan fingerprint density at radius 2 is 2.29 bits per heavy atom. The number of phenolic OH excluding ortho intramolecular Hbond substituents is 1. The van der Waals surface area contributed by atoms with Crippen LogP contribution in [0.5, 0.6) is 11.5 Å². The molecule has 0 aliphatic carbocycles. The Bertz CT molecular complexity index is 833. The highest BCUT2D eigenvalue weighted by molar-refractivity contribution is 8.26. The van der Waals surface area contributed by atoms with Crippen molar-refractivity contribution in [3.8, 4) is 11.5 Å². The fourth-order valence-corrected chi connectivity index (χ4v) is 3.65. The van der Waals surface area contributed by atoms with Crippen LogP contribution in [-0.4, -0.2) is 27.3 Å². The Morgan fingerprint density at radius 3 is 2.96 bits per heavy atom. The first kappa shape index (κ1) is 16.9. The van der Waals surface area contributed by atoms with E-state index >= 15 is 0 Å². The highest BCUT2D eigenvalue weighted by Gasteiger charge is 2.32. The van der Waals surface area contributed by atoms with Crippen molar-refractivity contribution in [1.82, 2.24) is 4.90 Å². The fraction of sp³-hybridized carbons (Fsp3) is 0.125. The van der Waals surface area contributed by atoms with Gasteiger partial charge in [-0.2, -0.15) is 0 Å². The third-order valence-electron chi connectivity index (χ3n) is 3.34. The maximum absolute atomic E-state index is 12.5. The van der Waals surface area contributed by atoms with Gasteiger partial charge in [0.1, 0.15) is 10.1 Å². The Morgan fingerprint density at radius 1 is 1.50 bits per heavy atom. The molecule has 2 heterocycles. The largest absolute Gasteiger partial charge is 0.503 e. The molecule has 1 aliphatic heterocycles. The molecule has 0 bridgehead atoms. The van der Waals surface area contributed by atoms with Crippen molar-refractivity contribution < 1.29 is 19.1 Å². The number of carbonyl (C=O) groups excluding carboxylic acids is 1. The first-order valence-electron chi connectivity index (χ1n) is 6.84. The molecule has 124 valence electrons. The summed E-state index contributed by atoms with van der Waals surface area (Å²) in [5.41, 5.74) is 0.633. The Balaban J connectivity index is 1.87. The summed E-state index contributed by atoms with van der Waals surface area (Å²) in [4.78, 5) is 14.5. The number of hydrogen-bond acceptors (Lipinski definition) is 6. The number of hydrogen-bond donors (Lipinski definition) is 1. The van der Waals surface area contributed by atoms with E-state index in [0.29, 0.717) is 20.5 Å². The summed E-state index contributed by atoms with van der Waals surface area (Å²) in [7, 11) is 1.43. The highest BCUT2D eigenvalue weighted by atomic mass is 35.5. The number of aromatic hydroxyl groups is 1. The molecule has 0 radical (unpaired) electrons. The van der Waals surface area contributed by atoms with Crippen LogP contribution in [0, 0.1) is 0 Å². The molecule has 3 rings (SSSR count). The van der Waals surface area contributed by atoms with Crippen LogP contribution in [0.2, 0.25) is 5.02 Å². The SMILES string of the molecule is COc1cc(/C=C2\SC(=S)N(Cc3ccco3)C2=O)cc(Cl)c1O. The van der Waals surface area contributed by atoms with Gasteiger partial charge in [0.05, 0.1) is 29.8 Å². The maximum Gasteiger partial charge on any atom is 0.266 e. The van der Waals surface area contributed by atoms with Crippen LogP contribution in [0.25, 0.3) is 6.08 Å². The van der Waals surface area contributed by atoms with Crippen molar-refractivity contribution in [2.24, 2.45) is 0 Å². The molecule has 8 heteroatoms. The van der Waals surface area contributed by atoms with Crippen LogP contribution in [0.15, 0.2) is 39.9 Å². The van der Waals surface area contributed by atoms with Gasteiger partial charge < -0.3 is 14.3 Å². The van der Waals surface area contributed by atoms with Crippen molar-refractivity contribution in [2.75, 3.05) is 7.11 Å². The maximum atomic E-state index is 12.5. The van der Waals surface area contributed by atoms with Crippen LogP contribution in [-0.2, 0) is 11.3 Å². The molecule has 0 unspecified atom stereocenters. The molecule has 24 heavy (non-hydrogen) atoms. The molecule has 1 aliphatic rings. The first-order valence-corrected chi connectivity index (χ1v) is 8.44. The second kappa shape index (κ2) is 6.88. The molecule has 1 fully saturated rings. The lowest BCUT2D eigenvalue weighted by Gasteiger charge is -2.12. The third-order valence-corrected chi connectivity index (χ3v) is 5.00. The zero-order valence-corrected chi connectivity index (χ0v) is 14.9. The normalized spacial score (nSPS) is 16.2. The Kier molecular flexibility index (Phi) is 4.84. The molecule has 1 amide bonds. The zero-order valence-electron chi connectivity index (χ0n) is 12.5. The van der Waals surface area contributed by atoms with Crippen molar-refractivity contribution in [1.29, 1.82) is 0 Å². The van der Waals surface area contributed by atoms with Crippen molar-refractivity contribution >= 4 is 51.9 Å². The molecule has 0 spiro atoms. The number of carbonyl (C=O) groups is 1. The molecule has 1 aromatic heterocycles. The van der Waals surface area contributed by atoms with Gasteiger partial charge in [0.15, 0.2) is 11.5 Å². The average molecular weight is 382 g/mol. The molecule has 2 aromatic rings. The number of furan rings is 1. The third kappa shape index (κ3) is 3.28. The molecule has 1 saturated heterocycles. The minimum absolute atomic E-state index is 0.137. The van der Waals surface area contributed by atoms with Gasteiger partial charge in [-0.05, 0) is 35.9 Å². The van der Waals surface area contributed by atoms with Gasteiger partial charge in [-0.1, -0.05) is 35.6 Å². The van der Waals surface area contributed by atoms with E-state index in [2.05, 4.69) is 0 Å². The van der Waals surface area contributed by atoms with Crippen molar-refractivity contribution in [3.05, 3.63) is 51.8 Å². The zero-order chi connectivity index (χ0) is 17.3. The number of ether oxygens (including phenoxy) is 1. The van der Waals surface area contributed by atoms with Gasteiger partial charge in [-0.15, -0.1) is 0 Å². The lowest BCUT2D eigenvalue weighted by Crippen LogP contribution is -2.27. The number of halogens is 1. The second-order valence-corrected chi connectivity index (χ2v) is 6.98. The number of thiocarbonyl (C=S) groups is 1. The summed E-state index contributed by atoms with van der Waals surface area (Å²) < 4.78 is 10.8. The van der Waals surface area contributed by atoms with Gasteiger partial charge in [0.25, 0.3) is 5.91 Å². The number of rotatable bonds is 4. The van der Waals surface area contributed by atoms with E-state index in [-0.39, 0.29) is 29.0 Å². The van der Waals surface area contributed by atoms with Gasteiger partial charge in [-0.3, -0.25) is 9.69 Å². The minimum Gasteiger partial charge on any atom is -0.503 e. The van der Waals surface area contributed by atoms with E-state index in [0.717, 1.165) is 0 Å². The smallest absolute Gasteiger partial charge is 0.266 e. The number of thioether (sulfide) groups is 1. The number of benzene rings is 1. The average Bonchev–Trinajstić information content (AvgIpc) is 3.15. The molecular weight excluding hydrogens is 370 g/mol. The summed E-state index contributed by atoms with van der Waals surface area (Å²) in [5, 5.41) is 9.92. The molecule has 0 saturated carbocycles. The standard InChI is InChI=1S/C16H12ClNO4S2/c1-21-12-6-9(5-11(17)14(12)19)7-13-15(20)18(16(23)24-13)8-10-3-2-4-22-10/h2-7,19H,8H2,1H3/b13-7-. The summed E-state index contributed by atoms with van der Waals surface area (Å²) in [6, 6.07) is 6.69. The van der Waals surface area contributed by atoms with Gasteiger partial charge >= 0.3 is 0 Å². The molecule has 1 N–H and O–H groups in total. The summed E-state index contributed by atoms with van der Waals surface area (Å²) in [6.07, 6.45) is 3.21. The van der Waals surface area contributed by atoms with Gasteiger partial charge in [0.2, 0.25) is 0 Å². The molecule has 5 nitrogen and oxygen atoms in total. The van der Waals surface area contributed by atoms with Crippen molar-refractivity contribution in [3.63, 3.8) is 0 Å². The van der Waals surface area contributed by atoms with E-state index in [1.807, 2.05) is 0 Å². The summed E-state index contributed by atoms with van der Waals surface area (Å²) >= 11 is 12.4. The first-order chi connectivity index (χ1) is 11.5. The summed E-state index contributed by atoms with van der Waals surface area (Å²) in [6.45, 7) is 0.286. The van der Waals surface area contributed by atoms with Gasteiger partial charge in [0, 0.05) is 0 Å². The van der Waals surface area contributed by atoms with Crippen LogP contribution >= 0.6 is 35.6 Å². The van der Waals surface area contributed by atoms with E-state index < -0.39 is 0 Å². The second-order valence-electron chi connectivity index (χ2n) is 4.90. The summed E-state index contributed by atoms with van der Waals surface area (Å²) in [5.74, 6) is 0.549. The molecule has 1 aromatic carbocycles. The van der Waals surface area contributed by atoms with E-state index in [1.54, 1.807) is 36.6 Å². The number of methoxy groups -OCH3 is 1. The van der Waals surface area contributed by atoms with E-state index in [1.165, 1.54) is 23.8 Å². The molecule has 0 atom stereocenters. The van der Waals surface area contributed by atoms with Crippen LogP contribution < -0.4 is 4.74 Å². The lowest BCUT2D eigenvalue weighted by molar-refractivity contribution is -0.122. The predicted molar refractivity (Wildman–Crippen MR) is 97.1 cm³/mol. The minimum atomic E-state index is -0.204. The topological polar surface area (TPSA) is 62.9 Å². The Hall–Kier alpha value is -1.96. The molecular formula is C16H12ClNO4S2.